The highest BCUT2D eigenvalue weighted by Gasteiger charge is 2.43. The first-order valence-corrected chi connectivity index (χ1v) is 5.25. The highest BCUT2D eigenvalue weighted by Crippen LogP contribution is 2.32. The summed E-state index contributed by atoms with van der Waals surface area (Å²) in [7, 11) is 3.91. The average molecular weight is 199 g/mol. The third-order valence-corrected chi connectivity index (χ3v) is 3.56. The molecule has 1 fully saturated rings. The minimum atomic E-state index is -0.464. The topological polar surface area (TPSA) is 58.4 Å². The van der Waals surface area contributed by atoms with E-state index >= 15 is 0 Å². The summed E-state index contributed by atoms with van der Waals surface area (Å²) in [6.45, 7) is 3.15. The van der Waals surface area contributed by atoms with Crippen molar-refractivity contribution in [2.75, 3.05) is 20.6 Å². The number of nitrogens with zero attached hydrogens (tertiary/aromatic N) is 1. The number of nitrogens with two attached hydrogens (primary N) is 1. The van der Waals surface area contributed by atoms with E-state index in [4.69, 9.17) is 5.73 Å². The molecule has 1 rings (SSSR count). The first-order chi connectivity index (χ1) is 6.55. The molecule has 0 bridgehead atoms. The lowest BCUT2D eigenvalue weighted by molar-refractivity contribution is -0.124. The minimum Gasteiger partial charge on any atom is -0.368 e. The Bertz CT molecular complexity index is 219. The van der Waals surface area contributed by atoms with Gasteiger partial charge in [-0.3, -0.25) is 4.79 Å². The van der Waals surface area contributed by atoms with Gasteiger partial charge in [0, 0.05) is 6.04 Å². The number of primary amides is 1. The molecule has 82 valence electrons. The molecule has 2 atom stereocenters. The molecule has 0 aliphatic heterocycles. The van der Waals surface area contributed by atoms with Crippen LogP contribution in [-0.2, 0) is 4.79 Å². The van der Waals surface area contributed by atoms with Crippen molar-refractivity contribution in [2.24, 2.45) is 5.73 Å². The van der Waals surface area contributed by atoms with Crippen LogP contribution in [0, 0.1) is 0 Å². The highest BCUT2D eigenvalue weighted by atomic mass is 16.1. The summed E-state index contributed by atoms with van der Waals surface area (Å²) in [5.41, 5.74) is 4.96. The number of likely N-dealkylation sites (N-methyl/N-ethyl adjacent to an activating group) is 1. The molecule has 0 aromatic carbocycles. The zero-order valence-electron chi connectivity index (χ0n) is 9.34. The van der Waals surface area contributed by atoms with E-state index in [0.717, 1.165) is 25.8 Å². The van der Waals surface area contributed by atoms with Gasteiger partial charge in [-0.25, -0.2) is 0 Å². The summed E-state index contributed by atoms with van der Waals surface area (Å²) in [5, 5.41) is 3.08. The number of nitrogens with one attached hydrogen (secondary N) is 1. The molecular formula is C10H21N3O. The Hall–Kier alpha value is -0.610. The van der Waals surface area contributed by atoms with Gasteiger partial charge in [0.1, 0.15) is 0 Å². The third-order valence-electron chi connectivity index (χ3n) is 3.56. The summed E-state index contributed by atoms with van der Waals surface area (Å²) >= 11 is 0. The Labute approximate surface area is 85.8 Å². The van der Waals surface area contributed by atoms with E-state index in [1.54, 1.807) is 0 Å². The van der Waals surface area contributed by atoms with E-state index in [0.29, 0.717) is 6.04 Å². The van der Waals surface area contributed by atoms with Crippen molar-refractivity contribution in [2.45, 2.75) is 37.8 Å². The second-order valence-corrected chi connectivity index (χ2v) is 4.17. The Morgan fingerprint density at radius 3 is 2.71 bits per heavy atom. The van der Waals surface area contributed by atoms with Gasteiger partial charge in [0.25, 0.3) is 0 Å². The minimum absolute atomic E-state index is 0.216. The fourth-order valence-corrected chi connectivity index (χ4v) is 2.23. The first kappa shape index (κ1) is 11.5. The molecule has 0 radical (unpaired) electrons. The van der Waals surface area contributed by atoms with Crippen molar-refractivity contribution in [3.8, 4) is 0 Å². The number of carbonyl (C=O) groups is 1. The van der Waals surface area contributed by atoms with Crippen LogP contribution in [0.3, 0.4) is 0 Å². The first-order valence-electron chi connectivity index (χ1n) is 5.25. The number of carbonyl (C=O) groups excluding carboxylic acids is 1. The lowest BCUT2D eigenvalue weighted by Gasteiger charge is -2.27. The van der Waals surface area contributed by atoms with Crippen molar-refractivity contribution in [1.29, 1.82) is 0 Å². The van der Waals surface area contributed by atoms with Crippen molar-refractivity contribution < 1.29 is 4.79 Å². The van der Waals surface area contributed by atoms with Crippen LogP contribution in [0.2, 0.25) is 0 Å². The third kappa shape index (κ3) is 1.91. The van der Waals surface area contributed by atoms with Crippen molar-refractivity contribution in [3.05, 3.63) is 0 Å². The van der Waals surface area contributed by atoms with Crippen LogP contribution in [-0.4, -0.2) is 43.0 Å². The van der Waals surface area contributed by atoms with Crippen LogP contribution in [0.25, 0.3) is 0 Å². The van der Waals surface area contributed by atoms with E-state index in [-0.39, 0.29) is 5.91 Å². The molecule has 1 amide bonds. The van der Waals surface area contributed by atoms with Gasteiger partial charge in [-0.15, -0.1) is 0 Å². The smallest absolute Gasteiger partial charge is 0.237 e. The Kier molecular flexibility index (Phi) is 3.50. The van der Waals surface area contributed by atoms with E-state index in [2.05, 4.69) is 24.2 Å². The molecule has 4 nitrogen and oxygen atoms in total. The fourth-order valence-electron chi connectivity index (χ4n) is 2.23. The maximum absolute atomic E-state index is 11.4. The molecule has 1 aliphatic rings. The zero-order valence-corrected chi connectivity index (χ0v) is 9.34. The second kappa shape index (κ2) is 4.28. The van der Waals surface area contributed by atoms with Crippen LogP contribution < -0.4 is 11.1 Å². The predicted octanol–water partition coefficient (Wildman–Crippen LogP) is -0.0659. The molecule has 0 aromatic rings. The van der Waals surface area contributed by atoms with Crippen LogP contribution in [0.1, 0.15) is 26.2 Å². The van der Waals surface area contributed by atoms with Crippen molar-refractivity contribution in [1.82, 2.24) is 10.2 Å². The monoisotopic (exact) mass is 199 g/mol. The molecule has 1 aliphatic carbocycles. The predicted molar refractivity (Wildman–Crippen MR) is 56.9 cm³/mol. The van der Waals surface area contributed by atoms with Gasteiger partial charge in [0.2, 0.25) is 5.91 Å². The normalized spacial score (nSPS) is 32.4. The van der Waals surface area contributed by atoms with Gasteiger partial charge in [0.15, 0.2) is 0 Å². The SMILES string of the molecule is CCN(C)C1CCC(NC)(C(N)=O)C1. The number of hydrogen-bond acceptors (Lipinski definition) is 3. The molecule has 14 heavy (non-hydrogen) atoms. The molecule has 0 spiro atoms. The molecule has 0 aromatic heterocycles. The van der Waals surface area contributed by atoms with E-state index in [1.807, 2.05) is 7.05 Å². The van der Waals surface area contributed by atoms with E-state index in [1.165, 1.54) is 0 Å². The Morgan fingerprint density at radius 2 is 2.36 bits per heavy atom. The zero-order chi connectivity index (χ0) is 10.8. The molecule has 3 N–H and O–H groups in total. The van der Waals surface area contributed by atoms with Gasteiger partial charge in [-0.2, -0.15) is 0 Å². The van der Waals surface area contributed by atoms with Gasteiger partial charge in [-0.1, -0.05) is 6.92 Å². The number of amides is 1. The molecule has 0 heterocycles. The van der Waals surface area contributed by atoms with Gasteiger partial charge in [0.05, 0.1) is 5.54 Å². The lowest BCUT2D eigenvalue weighted by Crippen LogP contribution is -2.53. The second-order valence-electron chi connectivity index (χ2n) is 4.17. The summed E-state index contributed by atoms with van der Waals surface area (Å²) < 4.78 is 0. The van der Waals surface area contributed by atoms with Gasteiger partial charge < -0.3 is 16.0 Å². The standard InChI is InChI=1S/C10H21N3O/c1-4-13(3)8-5-6-10(7-8,12-2)9(11)14/h8,12H,4-7H2,1-3H3,(H2,11,14). The highest BCUT2D eigenvalue weighted by molar-refractivity contribution is 5.85. The quantitative estimate of drug-likeness (QED) is 0.666. The van der Waals surface area contributed by atoms with Crippen LogP contribution in [0.15, 0.2) is 0 Å². The fraction of sp³-hybridized carbons (Fsp3) is 0.900. The van der Waals surface area contributed by atoms with Gasteiger partial charge in [-0.05, 0) is 39.9 Å². The van der Waals surface area contributed by atoms with Crippen LogP contribution in [0.4, 0.5) is 0 Å². The van der Waals surface area contributed by atoms with Crippen LogP contribution >= 0.6 is 0 Å². The van der Waals surface area contributed by atoms with Crippen molar-refractivity contribution >= 4 is 5.91 Å². The maximum Gasteiger partial charge on any atom is 0.237 e. The van der Waals surface area contributed by atoms with Gasteiger partial charge >= 0.3 is 0 Å². The van der Waals surface area contributed by atoms with Crippen LogP contribution in [0.5, 0.6) is 0 Å². The number of hydrogen-bond donors (Lipinski definition) is 2. The molecular weight excluding hydrogens is 178 g/mol. The van der Waals surface area contributed by atoms with Crippen molar-refractivity contribution in [3.63, 3.8) is 0 Å². The lowest BCUT2D eigenvalue weighted by atomic mass is 9.97. The van der Waals surface area contributed by atoms with E-state index < -0.39 is 5.54 Å². The maximum atomic E-state index is 11.4. The Balaban J connectivity index is 2.66. The summed E-state index contributed by atoms with van der Waals surface area (Å²) in [4.78, 5) is 13.6. The average Bonchev–Trinajstić information content (AvgIpc) is 2.62. The molecule has 2 unspecified atom stereocenters. The summed E-state index contributed by atoms with van der Waals surface area (Å²) in [5.74, 6) is -0.216. The Morgan fingerprint density at radius 1 is 1.71 bits per heavy atom. The summed E-state index contributed by atoms with van der Waals surface area (Å²) in [6, 6.07) is 0.486. The molecule has 1 saturated carbocycles. The number of rotatable bonds is 4. The van der Waals surface area contributed by atoms with E-state index in [9.17, 15) is 4.79 Å². The molecule has 4 heteroatoms. The summed E-state index contributed by atoms with van der Waals surface area (Å²) in [6.07, 6.45) is 2.74. The largest absolute Gasteiger partial charge is 0.368 e. The molecule has 0 saturated heterocycles.